The van der Waals surface area contributed by atoms with Crippen molar-refractivity contribution < 1.29 is 4.42 Å². The molecule has 1 atom stereocenters. The zero-order chi connectivity index (χ0) is 14.5. The highest BCUT2D eigenvalue weighted by Crippen LogP contribution is 2.19. The van der Waals surface area contributed by atoms with E-state index in [4.69, 9.17) is 4.42 Å². The van der Waals surface area contributed by atoms with Gasteiger partial charge in [-0.1, -0.05) is 18.2 Å². The first-order chi connectivity index (χ1) is 10.3. The Hall–Kier alpha value is -2.47. The first kappa shape index (κ1) is 13.5. The minimum atomic E-state index is 0.00512. The average molecular weight is 283 g/mol. The van der Waals surface area contributed by atoms with Gasteiger partial charge in [-0.25, -0.2) is 0 Å². The highest BCUT2D eigenvalue weighted by Gasteiger charge is 2.14. The van der Waals surface area contributed by atoms with Crippen LogP contribution in [0.5, 0.6) is 0 Å². The van der Waals surface area contributed by atoms with Gasteiger partial charge in [0, 0.05) is 24.5 Å². The molecule has 0 radical (unpaired) electrons. The average Bonchev–Trinajstić information content (AvgIpc) is 3.20. The second-order valence-corrected chi connectivity index (χ2v) is 4.76. The molecule has 0 aliphatic heterocycles. The normalized spacial score (nSPS) is 12.4. The largest absolute Gasteiger partial charge is 0.419 e. The van der Waals surface area contributed by atoms with Gasteiger partial charge in [0.05, 0.1) is 12.6 Å². The number of nitrogens with one attached hydrogen (secondary N) is 1. The van der Waals surface area contributed by atoms with Gasteiger partial charge >= 0.3 is 0 Å². The fourth-order valence-corrected chi connectivity index (χ4v) is 2.02. The fraction of sp³-hybridized carbons (Fsp3) is 0.267. The first-order valence-corrected chi connectivity index (χ1v) is 6.92. The van der Waals surface area contributed by atoms with E-state index < -0.39 is 0 Å². The van der Waals surface area contributed by atoms with Crippen LogP contribution in [0, 0.1) is 0 Å². The summed E-state index contributed by atoms with van der Waals surface area (Å²) in [4.78, 5) is 0. The van der Waals surface area contributed by atoms with E-state index in [0.717, 1.165) is 18.7 Å². The molecule has 0 aliphatic rings. The van der Waals surface area contributed by atoms with Crippen molar-refractivity contribution in [2.45, 2.75) is 19.5 Å². The molecule has 0 amide bonds. The van der Waals surface area contributed by atoms with Crippen molar-refractivity contribution in [1.29, 1.82) is 0 Å². The standard InChI is InChI=1S/C15H17N5O/c1-12(16-9-11-20-10-5-8-17-20)14-18-19-15(21-14)13-6-3-2-4-7-13/h2-8,10,12,16H,9,11H2,1H3. The van der Waals surface area contributed by atoms with E-state index >= 15 is 0 Å². The van der Waals surface area contributed by atoms with Crippen LogP contribution in [-0.4, -0.2) is 26.5 Å². The van der Waals surface area contributed by atoms with E-state index in [2.05, 4.69) is 20.6 Å². The maximum Gasteiger partial charge on any atom is 0.247 e. The predicted molar refractivity (Wildman–Crippen MR) is 78.4 cm³/mol. The number of rotatable bonds is 6. The van der Waals surface area contributed by atoms with Crippen LogP contribution in [0.25, 0.3) is 11.5 Å². The van der Waals surface area contributed by atoms with E-state index in [1.165, 1.54) is 0 Å². The fourth-order valence-electron chi connectivity index (χ4n) is 2.02. The molecule has 0 bridgehead atoms. The highest BCUT2D eigenvalue weighted by atomic mass is 16.4. The van der Waals surface area contributed by atoms with Crippen molar-refractivity contribution in [3.63, 3.8) is 0 Å². The zero-order valence-corrected chi connectivity index (χ0v) is 11.8. The lowest BCUT2D eigenvalue weighted by Crippen LogP contribution is -2.23. The minimum absolute atomic E-state index is 0.00512. The van der Waals surface area contributed by atoms with Crippen molar-refractivity contribution in [1.82, 2.24) is 25.3 Å². The summed E-state index contributed by atoms with van der Waals surface area (Å²) in [5.41, 5.74) is 0.931. The Morgan fingerprint density at radius 2 is 2.05 bits per heavy atom. The number of hydrogen-bond donors (Lipinski definition) is 1. The maximum absolute atomic E-state index is 5.71. The van der Waals surface area contributed by atoms with Gasteiger partial charge in [0.2, 0.25) is 11.8 Å². The van der Waals surface area contributed by atoms with Crippen LogP contribution < -0.4 is 5.32 Å². The molecule has 1 aromatic carbocycles. The molecule has 3 aromatic rings. The quantitative estimate of drug-likeness (QED) is 0.751. The second-order valence-electron chi connectivity index (χ2n) is 4.76. The third-order valence-electron chi connectivity index (χ3n) is 3.18. The zero-order valence-electron chi connectivity index (χ0n) is 11.8. The van der Waals surface area contributed by atoms with Gasteiger partial charge in [-0.05, 0) is 25.1 Å². The van der Waals surface area contributed by atoms with Gasteiger partial charge in [0.25, 0.3) is 0 Å². The number of nitrogens with zero attached hydrogens (tertiary/aromatic N) is 4. The summed E-state index contributed by atoms with van der Waals surface area (Å²) in [6.07, 6.45) is 3.71. The van der Waals surface area contributed by atoms with Crippen molar-refractivity contribution in [3.8, 4) is 11.5 Å². The van der Waals surface area contributed by atoms with Crippen molar-refractivity contribution in [2.75, 3.05) is 6.54 Å². The van der Waals surface area contributed by atoms with Crippen molar-refractivity contribution in [3.05, 3.63) is 54.7 Å². The van der Waals surface area contributed by atoms with E-state index in [0.29, 0.717) is 11.8 Å². The predicted octanol–water partition coefficient (Wildman–Crippen LogP) is 2.28. The summed E-state index contributed by atoms with van der Waals surface area (Å²) in [5.74, 6) is 1.14. The van der Waals surface area contributed by atoms with E-state index in [9.17, 15) is 0 Å². The van der Waals surface area contributed by atoms with Gasteiger partial charge in [0.15, 0.2) is 0 Å². The Bertz CT molecular complexity index is 662. The Labute approximate surface area is 122 Å². The molecule has 6 nitrogen and oxygen atoms in total. The molecule has 2 heterocycles. The SMILES string of the molecule is CC(NCCn1cccn1)c1nnc(-c2ccccc2)o1. The summed E-state index contributed by atoms with van der Waals surface area (Å²) in [7, 11) is 0. The van der Waals surface area contributed by atoms with Crippen LogP contribution in [-0.2, 0) is 6.54 Å². The molecule has 0 fully saturated rings. The second kappa shape index (κ2) is 6.32. The molecule has 0 spiro atoms. The van der Waals surface area contributed by atoms with Crippen LogP contribution in [0.2, 0.25) is 0 Å². The molecule has 6 heteroatoms. The molecule has 1 N–H and O–H groups in total. The molecular formula is C15H17N5O. The van der Waals surface area contributed by atoms with Gasteiger partial charge in [0.1, 0.15) is 0 Å². The Morgan fingerprint density at radius 1 is 1.19 bits per heavy atom. The lowest BCUT2D eigenvalue weighted by Gasteiger charge is -2.09. The number of aromatic nitrogens is 4. The number of hydrogen-bond acceptors (Lipinski definition) is 5. The molecule has 21 heavy (non-hydrogen) atoms. The summed E-state index contributed by atoms with van der Waals surface area (Å²) < 4.78 is 7.59. The van der Waals surface area contributed by atoms with Gasteiger partial charge in [-0.3, -0.25) is 4.68 Å². The summed E-state index contributed by atoms with van der Waals surface area (Å²) in [6.45, 7) is 3.59. The van der Waals surface area contributed by atoms with Gasteiger partial charge < -0.3 is 9.73 Å². The van der Waals surface area contributed by atoms with Crippen molar-refractivity contribution >= 4 is 0 Å². The highest BCUT2D eigenvalue weighted by molar-refractivity contribution is 5.51. The lowest BCUT2D eigenvalue weighted by molar-refractivity contribution is 0.411. The number of benzene rings is 1. The van der Waals surface area contributed by atoms with Crippen LogP contribution in [0.15, 0.2) is 53.2 Å². The molecule has 108 valence electrons. The Morgan fingerprint density at radius 3 is 2.81 bits per heavy atom. The van der Waals surface area contributed by atoms with Crippen LogP contribution in [0.1, 0.15) is 18.9 Å². The van der Waals surface area contributed by atoms with Gasteiger partial charge in [-0.15, -0.1) is 10.2 Å². The van der Waals surface area contributed by atoms with Crippen LogP contribution in [0.3, 0.4) is 0 Å². The lowest BCUT2D eigenvalue weighted by atomic mass is 10.2. The topological polar surface area (TPSA) is 68.8 Å². The maximum atomic E-state index is 5.71. The Kier molecular flexibility index (Phi) is 4.07. The molecule has 1 unspecified atom stereocenters. The smallest absolute Gasteiger partial charge is 0.247 e. The minimum Gasteiger partial charge on any atom is -0.419 e. The Balaban J connectivity index is 1.58. The van der Waals surface area contributed by atoms with Crippen LogP contribution in [0.4, 0.5) is 0 Å². The molecule has 2 aromatic heterocycles. The molecule has 0 saturated carbocycles. The van der Waals surface area contributed by atoms with Crippen molar-refractivity contribution in [2.24, 2.45) is 0 Å². The summed E-state index contributed by atoms with van der Waals surface area (Å²) in [5, 5.41) is 15.7. The van der Waals surface area contributed by atoms with E-state index in [1.807, 2.05) is 54.2 Å². The third-order valence-corrected chi connectivity index (χ3v) is 3.18. The molecule has 0 saturated heterocycles. The van der Waals surface area contributed by atoms with Crippen LogP contribution >= 0.6 is 0 Å². The first-order valence-electron chi connectivity index (χ1n) is 6.92. The molecule has 0 aliphatic carbocycles. The molecular weight excluding hydrogens is 266 g/mol. The van der Waals surface area contributed by atoms with E-state index in [1.54, 1.807) is 6.20 Å². The third kappa shape index (κ3) is 3.35. The van der Waals surface area contributed by atoms with Gasteiger partial charge in [-0.2, -0.15) is 5.10 Å². The summed E-state index contributed by atoms with van der Waals surface area (Å²) in [6, 6.07) is 11.7. The van der Waals surface area contributed by atoms with E-state index in [-0.39, 0.29) is 6.04 Å². The monoisotopic (exact) mass is 283 g/mol. The molecule has 3 rings (SSSR count). The summed E-state index contributed by atoms with van der Waals surface area (Å²) >= 11 is 0.